The number of carbonyl (C=O) groups is 3. The summed E-state index contributed by atoms with van der Waals surface area (Å²) in [6.07, 6.45) is 5.14. The van der Waals surface area contributed by atoms with Gasteiger partial charge in [-0.05, 0) is 49.1 Å². The summed E-state index contributed by atoms with van der Waals surface area (Å²) in [5, 5.41) is 4.69. The normalized spacial score (nSPS) is 24.5. The molecule has 150 valence electrons. The Bertz CT molecular complexity index is 780. The summed E-state index contributed by atoms with van der Waals surface area (Å²) in [7, 11) is 0. The van der Waals surface area contributed by atoms with Gasteiger partial charge in [-0.25, -0.2) is 4.79 Å². The van der Waals surface area contributed by atoms with Gasteiger partial charge in [0, 0.05) is 18.2 Å². The van der Waals surface area contributed by atoms with Gasteiger partial charge in [0.2, 0.25) is 0 Å². The van der Waals surface area contributed by atoms with Crippen molar-refractivity contribution in [1.29, 1.82) is 0 Å². The first-order valence-corrected chi connectivity index (χ1v) is 9.73. The summed E-state index contributed by atoms with van der Waals surface area (Å²) >= 11 is 0. The van der Waals surface area contributed by atoms with E-state index in [9.17, 15) is 14.4 Å². The number of imide groups is 1. The fourth-order valence-corrected chi connectivity index (χ4v) is 4.49. The van der Waals surface area contributed by atoms with E-state index in [4.69, 9.17) is 14.2 Å². The molecule has 3 aliphatic rings. The van der Waals surface area contributed by atoms with Crippen LogP contribution in [0.25, 0.3) is 0 Å². The molecule has 1 aliphatic heterocycles. The molecule has 2 fully saturated rings. The zero-order valence-corrected chi connectivity index (χ0v) is 15.6. The first-order chi connectivity index (χ1) is 13.6. The molecular weight excluding hydrogens is 364 g/mol. The van der Waals surface area contributed by atoms with Gasteiger partial charge in [0.25, 0.3) is 5.91 Å². The van der Waals surface area contributed by atoms with E-state index in [2.05, 4.69) is 10.6 Å². The van der Waals surface area contributed by atoms with Crippen LogP contribution in [-0.4, -0.2) is 37.7 Å². The smallest absolute Gasteiger partial charge is 0.325 e. The quantitative estimate of drug-likeness (QED) is 0.751. The van der Waals surface area contributed by atoms with Crippen LogP contribution in [0.4, 0.5) is 10.5 Å². The minimum atomic E-state index is -0.703. The number of hydrogen-bond acceptors (Lipinski definition) is 6. The molecule has 0 aromatic heterocycles. The van der Waals surface area contributed by atoms with Gasteiger partial charge < -0.3 is 19.5 Å². The lowest BCUT2D eigenvalue weighted by Crippen LogP contribution is -2.37. The Morgan fingerprint density at radius 2 is 1.89 bits per heavy atom. The summed E-state index contributed by atoms with van der Waals surface area (Å²) in [5.74, 6) is 1.86. The number of rotatable bonds is 5. The highest BCUT2D eigenvalue weighted by Gasteiger charge is 2.40. The zero-order chi connectivity index (χ0) is 19.5. The number of esters is 1. The minimum absolute atomic E-state index is 0.359. The van der Waals surface area contributed by atoms with E-state index in [0.717, 1.165) is 12.3 Å². The van der Waals surface area contributed by atoms with Crippen molar-refractivity contribution in [2.24, 2.45) is 17.8 Å². The van der Waals surface area contributed by atoms with Crippen LogP contribution in [0.1, 0.15) is 32.1 Å². The summed E-state index contributed by atoms with van der Waals surface area (Å²) in [5.41, 5.74) is 0.461. The second-order valence-electron chi connectivity index (χ2n) is 7.66. The van der Waals surface area contributed by atoms with Gasteiger partial charge in [-0.1, -0.05) is 6.42 Å². The lowest BCUT2D eigenvalue weighted by atomic mass is 9.86. The number of benzene rings is 1. The maximum atomic E-state index is 12.0. The van der Waals surface area contributed by atoms with Crippen LogP contribution in [0.3, 0.4) is 0 Å². The van der Waals surface area contributed by atoms with Crippen LogP contribution in [0.15, 0.2) is 18.2 Å². The predicted molar refractivity (Wildman–Crippen MR) is 99.1 cm³/mol. The molecule has 3 amide bonds. The summed E-state index contributed by atoms with van der Waals surface area (Å²) in [6, 6.07) is 4.25. The van der Waals surface area contributed by atoms with Crippen molar-refractivity contribution < 1.29 is 28.6 Å². The summed E-state index contributed by atoms with van der Waals surface area (Å²) in [6.45, 7) is 0.457. The molecule has 8 heteroatoms. The van der Waals surface area contributed by atoms with E-state index in [0.29, 0.717) is 48.7 Å². The van der Waals surface area contributed by atoms with E-state index in [-0.39, 0.29) is 5.97 Å². The number of hydrogen-bond donors (Lipinski definition) is 2. The van der Waals surface area contributed by atoms with Crippen molar-refractivity contribution in [2.45, 2.75) is 32.1 Å². The van der Waals surface area contributed by atoms with Gasteiger partial charge in [0.15, 0.2) is 18.1 Å². The Hall–Kier alpha value is -2.77. The first-order valence-electron chi connectivity index (χ1n) is 9.73. The van der Waals surface area contributed by atoms with Crippen LogP contribution < -0.4 is 20.1 Å². The van der Waals surface area contributed by atoms with Crippen LogP contribution in [0.2, 0.25) is 0 Å². The highest BCUT2D eigenvalue weighted by molar-refractivity contribution is 6.02. The summed E-state index contributed by atoms with van der Waals surface area (Å²) in [4.78, 5) is 35.8. The van der Waals surface area contributed by atoms with Crippen molar-refractivity contribution in [3.05, 3.63) is 18.2 Å². The number of anilines is 1. The molecule has 1 aromatic rings. The molecular formula is C20H24N2O6. The number of urea groups is 1. The van der Waals surface area contributed by atoms with E-state index in [1.165, 1.54) is 19.3 Å². The van der Waals surface area contributed by atoms with Crippen LogP contribution >= 0.6 is 0 Å². The second kappa shape index (κ2) is 8.08. The summed E-state index contributed by atoms with van der Waals surface area (Å²) < 4.78 is 15.9. The van der Waals surface area contributed by atoms with Crippen molar-refractivity contribution in [3.63, 3.8) is 0 Å². The average Bonchev–Trinajstić information content (AvgIpc) is 3.29. The van der Waals surface area contributed by atoms with Crippen LogP contribution in [0, 0.1) is 17.8 Å². The van der Waals surface area contributed by atoms with E-state index in [1.54, 1.807) is 18.2 Å². The topological polar surface area (TPSA) is 103 Å². The molecule has 0 radical (unpaired) electrons. The van der Waals surface area contributed by atoms with Gasteiger partial charge in [-0.15, -0.1) is 0 Å². The fourth-order valence-electron chi connectivity index (χ4n) is 4.49. The third kappa shape index (κ3) is 4.37. The molecule has 8 nitrogen and oxygen atoms in total. The van der Waals surface area contributed by atoms with Gasteiger partial charge in [-0.2, -0.15) is 0 Å². The monoisotopic (exact) mass is 388 g/mol. The zero-order valence-electron chi connectivity index (χ0n) is 15.6. The SMILES string of the molecule is O=C(COC(=O)C[C@@H]1C[C@@H]2CC[C@@H]1C2)NC(=O)Nc1ccc2c(c1)OCCO2. The number of fused-ring (bicyclic) bond motifs is 3. The molecule has 3 atom stereocenters. The van der Waals surface area contributed by atoms with Crippen molar-refractivity contribution >= 4 is 23.6 Å². The highest BCUT2D eigenvalue weighted by atomic mass is 16.6. The van der Waals surface area contributed by atoms with Crippen molar-refractivity contribution in [3.8, 4) is 11.5 Å². The molecule has 2 aliphatic carbocycles. The van der Waals surface area contributed by atoms with Gasteiger partial charge >= 0.3 is 12.0 Å². The minimum Gasteiger partial charge on any atom is -0.486 e. The fraction of sp³-hybridized carbons (Fsp3) is 0.550. The third-order valence-corrected chi connectivity index (χ3v) is 5.73. The molecule has 0 saturated heterocycles. The molecule has 4 rings (SSSR count). The van der Waals surface area contributed by atoms with Gasteiger partial charge in [0.05, 0.1) is 0 Å². The Kier molecular flexibility index (Phi) is 5.36. The molecule has 0 unspecified atom stereocenters. The Balaban J connectivity index is 1.18. The van der Waals surface area contributed by atoms with Gasteiger partial charge in [0.1, 0.15) is 13.2 Å². The molecule has 0 spiro atoms. The Morgan fingerprint density at radius 1 is 1.07 bits per heavy atom. The average molecular weight is 388 g/mol. The Labute approximate surface area is 162 Å². The molecule has 2 N–H and O–H groups in total. The Morgan fingerprint density at radius 3 is 2.64 bits per heavy atom. The van der Waals surface area contributed by atoms with Crippen molar-refractivity contribution in [1.82, 2.24) is 5.32 Å². The molecule has 2 bridgehead atoms. The number of nitrogens with one attached hydrogen (secondary N) is 2. The second-order valence-corrected chi connectivity index (χ2v) is 7.66. The lowest BCUT2D eigenvalue weighted by molar-refractivity contribution is -0.149. The molecule has 2 saturated carbocycles. The van der Waals surface area contributed by atoms with E-state index in [1.807, 2.05) is 0 Å². The number of carbonyl (C=O) groups excluding carboxylic acids is 3. The number of amides is 3. The van der Waals surface area contributed by atoms with Gasteiger partial charge in [-0.3, -0.25) is 14.9 Å². The maximum absolute atomic E-state index is 12.0. The van der Waals surface area contributed by atoms with Crippen LogP contribution in [0.5, 0.6) is 11.5 Å². The van der Waals surface area contributed by atoms with E-state index < -0.39 is 18.5 Å². The highest BCUT2D eigenvalue weighted by Crippen LogP contribution is 2.49. The third-order valence-electron chi connectivity index (χ3n) is 5.73. The first kappa shape index (κ1) is 18.6. The number of ether oxygens (including phenoxy) is 3. The van der Waals surface area contributed by atoms with Crippen molar-refractivity contribution in [2.75, 3.05) is 25.1 Å². The molecule has 1 aromatic carbocycles. The lowest BCUT2D eigenvalue weighted by Gasteiger charge is -2.20. The molecule has 28 heavy (non-hydrogen) atoms. The maximum Gasteiger partial charge on any atom is 0.325 e. The standard InChI is InChI=1S/C20H24N2O6/c23-18(11-28-19(24)9-14-8-12-1-2-13(14)7-12)22-20(25)21-15-3-4-16-17(10-15)27-6-5-26-16/h3-4,10,12-14H,1-2,5-9,11H2,(H2,21,22,23,25)/t12-,13-,14+/m1/s1. The van der Waals surface area contributed by atoms with E-state index >= 15 is 0 Å². The van der Waals surface area contributed by atoms with Crippen LogP contribution in [-0.2, 0) is 14.3 Å². The largest absolute Gasteiger partial charge is 0.486 e. The predicted octanol–water partition coefficient (Wildman–Crippen LogP) is 2.48. The molecule has 1 heterocycles.